The lowest BCUT2D eigenvalue weighted by Gasteiger charge is -2.33. The first kappa shape index (κ1) is 16.3. The molecule has 0 spiro atoms. The molecule has 0 saturated heterocycles. The number of hydrogen-bond acceptors (Lipinski definition) is 5. The van der Waals surface area contributed by atoms with Gasteiger partial charge in [0.1, 0.15) is 16.7 Å². The van der Waals surface area contributed by atoms with Crippen molar-refractivity contribution in [2.75, 3.05) is 18.0 Å². The lowest BCUT2D eigenvalue weighted by Crippen LogP contribution is -2.37. The maximum absolute atomic E-state index is 13.1. The Morgan fingerprint density at radius 1 is 1.29 bits per heavy atom. The van der Waals surface area contributed by atoms with E-state index in [0.717, 1.165) is 0 Å². The second kappa shape index (κ2) is 6.15. The van der Waals surface area contributed by atoms with Gasteiger partial charge in [-0.1, -0.05) is 12.1 Å². The average Bonchev–Trinajstić information content (AvgIpc) is 2.61. The van der Waals surface area contributed by atoms with Gasteiger partial charge in [-0.2, -0.15) is 5.26 Å². The van der Waals surface area contributed by atoms with Crippen LogP contribution in [0.4, 0.5) is 5.69 Å². The van der Waals surface area contributed by atoms with Crippen molar-refractivity contribution in [1.29, 1.82) is 5.26 Å². The molecule has 2 aromatic rings. The van der Waals surface area contributed by atoms with Crippen molar-refractivity contribution in [2.24, 2.45) is 0 Å². The zero-order valence-corrected chi connectivity index (χ0v) is 13.8. The Hall–Kier alpha value is -2.56. The SMILES string of the molecule is COc1ccc2c(c1)C(O)CCN2S(=O)(=O)c1ccccc1C#N. The van der Waals surface area contributed by atoms with E-state index in [1.54, 1.807) is 30.3 Å². The third-order valence-electron chi connectivity index (χ3n) is 4.04. The van der Waals surface area contributed by atoms with Crippen LogP contribution in [0.5, 0.6) is 5.75 Å². The van der Waals surface area contributed by atoms with Crippen molar-refractivity contribution in [3.63, 3.8) is 0 Å². The molecule has 0 aromatic heterocycles. The molecule has 1 aliphatic heterocycles. The van der Waals surface area contributed by atoms with E-state index >= 15 is 0 Å². The maximum atomic E-state index is 13.1. The Balaban J connectivity index is 2.14. The fraction of sp³-hybridized carbons (Fsp3) is 0.235. The summed E-state index contributed by atoms with van der Waals surface area (Å²) in [6.45, 7) is 0.141. The van der Waals surface area contributed by atoms with E-state index < -0.39 is 16.1 Å². The van der Waals surface area contributed by atoms with Gasteiger partial charge in [-0.15, -0.1) is 0 Å². The number of aliphatic hydroxyl groups is 1. The lowest BCUT2D eigenvalue weighted by molar-refractivity contribution is 0.166. The first-order chi connectivity index (χ1) is 11.5. The summed E-state index contributed by atoms with van der Waals surface area (Å²) in [5, 5.41) is 19.4. The number of anilines is 1. The number of sulfonamides is 1. The molecular formula is C17H16N2O4S. The van der Waals surface area contributed by atoms with Crippen molar-refractivity contribution >= 4 is 15.7 Å². The average molecular weight is 344 g/mol. The van der Waals surface area contributed by atoms with Gasteiger partial charge < -0.3 is 9.84 Å². The summed E-state index contributed by atoms with van der Waals surface area (Å²) in [5.41, 5.74) is 1.000. The number of rotatable bonds is 3. The summed E-state index contributed by atoms with van der Waals surface area (Å²) in [6, 6.07) is 12.9. The molecule has 1 unspecified atom stereocenters. The summed E-state index contributed by atoms with van der Waals surface area (Å²) in [6.07, 6.45) is -0.485. The molecule has 7 heteroatoms. The highest BCUT2D eigenvalue weighted by Gasteiger charge is 2.33. The van der Waals surface area contributed by atoms with Crippen LogP contribution in [0.15, 0.2) is 47.4 Å². The van der Waals surface area contributed by atoms with Gasteiger partial charge in [-0.3, -0.25) is 4.31 Å². The van der Waals surface area contributed by atoms with E-state index in [2.05, 4.69) is 0 Å². The van der Waals surface area contributed by atoms with Gasteiger partial charge in [-0.25, -0.2) is 8.42 Å². The molecular weight excluding hydrogens is 328 g/mol. The smallest absolute Gasteiger partial charge is 0.265 e. The predicted molar refractivity (Wildman–Crippen MR) is 88.3 cm³/mol. The molecule has 0 bridgehead atoms. The molecule has 0 aliphatic carbocycles. The van der Waals surface area contributed by atoms with Gasteiger partial charge in [0.15, 0.2) is 0 Å². The summed E-state index contributed by atoms with van der Waals surface area (Å²) >= 11 is 0. The van der Waals surface area contributed by atoms with Crippen LogP contribution in [0, 0.1) is 11.3 Å². The Kier molecular flexibility index (Phi) is 4.18. The van der Waals surface area contributed by atoms with Crippen LogP contribution in [0.25, 0.3) is 0 Å². The van der Waals surface area contributed by atoms with Crippen molar-refractivity contribution in [3.05, 3.63) is 53.6 Å². The number of hydrogen-bond donors (Lipinski definition) is 1. The molecule has 1 N–H and O–H groups in total. The molecule has 3 rings (SSSR count). The molecule has 0 amide bonds. The van der Waals surface area contributed by atoms with Crippen molar-refractivity contribution < 1.29 is 18.3 Å². The summed E-state index contributed by atoms with van der Waals surface area (Å²) in [5.74, 6) is 0.546. The monoisotopic (exact) mass is 344 g/mol. The van der Waals surface area contributed by atoms with Gasteiger partial charge in [0.05, 0.1) is 24.5 Å². The molecule has 1 aliphatic rings. The summed E-state index contributed by atoms with van der Waals surface area (Å²) < 4.78 is 32.5. The molecule has 0 fully saturated rings. The van der Waals surface area contributed by atoms with Crippen molar-refractivity contribution in [2.45, 2.75) is 17.4 Å². The van der Waals surface area contributed by atoms with Gasteiger partial charge >= 0.3 is 0 Å². The quantitative estimate of drug-likeness (QED) is 0.922. The number of nitriles is 1. The topological polar surface area (TPSA) is 90.6 Å². The third kappa shape index (κ3) is 2.60. The first-order valence-electron chi connectivity index (χ1n) is 7.37. The molecule has 0 radical (unpaired) electrons. The van der Waals surface area contributed by atoms with Crippen LogP contribution in [0.2, 0.25) is 0 Å². The zero-order valence-electron chi connectivity index (χ0n) is 13.0. The molecule has 1 heterocycles. The molecule has 0 saturated carbocycles. The highest BCUT2D eigenvalue weighted by atomic mass is 32.2. The highest BCUT2D eigenvalue weighted by molar-refractivity contribution is 7.92. The van der Waals surface area contributed by atoms with E-state index in [1.165, 1.54) is 23.5 Å². The maximum Gasteiger partial charge on any atom is 0.265 e. The van der Waals surface area contributed by atoms with Gasteiger partial charge in [0.2, 0.25) is 0 Å². The first-order valence-corrected chi connectivity index (χ1v) is 8.81. The number of ether oxygens (including phenoxy) is 1. The number of aliphatic hydroxyl groups excluding tert-OH is 1. The largest absolute Gasteiger partial charge is 0.497 e. The van der Waals surface area contributed by atoms with Crippen LogP contribution in [0.3, 0.4) is 0 Å². The molecule has 24 heavy (non-hydrogen) atoms. The Morgan fingerprint density at radius 3 is 2.75 bits per heavy atom. The van der Waals surface area contributed by atoms with E-state index in [-0.39, 0.29) is 23.4 Å². The number of methoxy groups -OCH3 is 1. The highest BCUT2D eigenvalue weighted by Crippen LogP contribution is 2.39. The standard InChI is InChI=1S/C17H16N2O4S/c1-23-13-6-7-15-14(10-13)16(20)8-9-19(15)24(21,22)17-5-3-2-4-12(17)11-18/h2-7,10,16,20H,8-9H2,1H3. The van der Waals surface area contributed by atoms with Crippen LogP contribution < -0.4 is 9.04 Å². The fourth-order valence-electron chi connectivity index (χ4n) is 2.82. The fourth-order valence-corrected chi connectivity index (χ4v) is 4.47. The van der Waals surface area contributed by atoms with E-state index in [1.807, 2.05) is 6.07 Å². The second-order valence-corrected chi connectivity index (χ2v) is 7.25. The van der Waals surface area contributed by atoms with Gasteiger partial charge in [-0.05, 0) is 36.8 Å². The normalized spacial score (nSPS) is 17.0. The predicted octanol–water partition coefficient (Wildman–Crippen LogP) is 2.20. The Bertz CT molecular complexity index is 918. The molecule has 1 atom stereocenters. The van der Waals surface area contributed by atoms with Crippen LogP contribution >= 0.6 is 0 Å². The molecule has 124 valence electrons. The Morgan fingerprint density at radius 2 is 2.04 bits per heavy atom. The minimum atomic E-state index is -3.90. The van der Waals surface area contributed by atoms with Crippen LogP contribution in [-0.4, -0.2) is 27.2 Å². The summed E-state index contributed by atoms with van der Waals surface area (Å²) in [7, 11) is -2.39. The number of fused-ring (bicyclic) bond motifs is 1. The van der Waals surface area contributed by atoms with E-state index in [0.29, 0.717) is 17.0 Å². The number of nitrogens with zero attached hydrogens (tertiary/aromatic N) is 2. The minimum absolute atomic E-state index is 0.0364. The van der Waals surface area contributed by atoms with E-state index in [9.17, 15) is 18.8 Å². The Labute approximate surface area is 140 Å². The lowest BCUT2D eigenvalue weighted by atomic mass is 10.0. The van der Waals surface area contributed by atoms with Crippen molar-refractivity contribution in [1.82, 2.24) is 0 Å². The van der Waals surface area contributed by atoms with Gasteiger partial charge in [0.25, 0.3) is 10.0 Å². The van der Waals surface area contributed by atoms with Crippen LogP contribution in [-0.2, 0) is 10.0 Å². The van der Waals surface area contributed by atoms with Gasteiger partial charge in [0, 0.05) is 12.1 Å². The number of benzene rings is 2. The van der Waals surface area contributed by atoms with Crippen molar-refractivity contribution in [3.8, 4) is 11.8 Å². The molecule has 2 aromatic carbocycles. The van der Waals surface area contributed by atoms with E-state index in [4.69, 9.17) is 4.74 Å². The molecule has 6 nitrogen and oxygen atoms in total. The zero-order chi connectivity index (χ0) is 17.3. The second-order valence-electron chi connectivity index (χ2n) is 5.41. The minimum Gasteiger partial charge on any atom is -0.497 e. The third-order valence-corrected chi connectivity index (χ3v) is 5.91. The van der Waals surface area contributed by atoms with Crippen LogP contribution in [0.1, 0.15) is 23.7 Å². The summed E-state index contributed by atoms with van der Waals surface area (Å²) in [4.78, 5) is -0.0364.